The number of rotatable bonds is 4. The first-order valence-electron chi connectivity index (χ1n) is 8.13. The number of hydrogen-bond acceptors (Lipinski definition) is 2. The van der Waals surface area contributed by atoms with Crippen LogP contribution >= 0.6 is 23.2 Å². The average molecular weight is 363 g/mol. The molecule has 0 aliphatic carbocycles. The number of hydrogen-bond donors (Lipinski definition) is 1. The molecule has 126 valence electrons. The van der Waals surface area contributed by atoms with Crippen molar-refractivity contribution in [3.63, 3.8) is 0 Å². The lowest BCUT2D eigenvalue weighted by molar-refractivity contribution is -0.121. The van der Waals surface area contributed by atoms with Gasteiger partial charge in [-0.2, -0.15) is 0 Å². The zero-order chi connectivity index (χ0) is 16.9. The second kappa shape index (κ2) is 8.02. The Morgan fingerprint density at radius 1 is 1.12 bits per heavy atom. The van der Waals surface area contributed by atoms with Crippen molar-refractivity contribution in [2.24, 2.45) is 5.92 Å². The Bertz CT molecular complexity index is 703. The molecule has 2 aromatic rings. The van der Waals surface area contributed by atoms with E-state index in [1.54, 1.807) is 12.1 Å². The smallest absolute Gasteiger partial charge is 0.228 e. The minimum atomic E-state index is 0.00797. The molecule has 0 aromatic heterocycles. The van der Waals surface area contributed by atoms with Crippen molar-refractivity contribution in [2.75, 3.05) is 18.4 Å². The molecule has 1 heterocycles. The van der Waals surface area contributed by atoms with Gasteiger partial charge in [0.25, 0.3) is 0 Å². The Hall–Kier alpha value is -1.55. The fraction of sp³-hybridized carbons (Fsp3) is 0.316. The molecule has 5 heteroatoms. The fourth-order valence-electron chi connectivity index (χ4n) is 3.08. The summed E-state index contributed by atoms with van der Waals surface area (Å²) < 4.78 is 0. The zero-order valence-corrected chi connectivity index (χ0v) is 14.9. The molecule has 3 nitrogen and oxygen atoms in total. The summed E-state index contributed by atoms with van der Waals surface area (Å²) in [6.45, 7) is 2.61. The minimum Gasteiger partial charge on any atom is -0.326 e. The van der Waals surface area contributed by atoms with Crippen molar-refractivity contribution < 1.29 is 4.79 Å². The van der Waals surface area contributed by atoms with Gasteiger partial charge in [0.15, 0.2) is 0 Å². The van der Waals surface area contributed by atoms with Crippen LogP contribution in [0.1, 0.15) is 18.4 Å². The maximum atomic E-state index is 12.5. The molecule has 2 aromatic carbocycles. The van der Waals surface area contributed by atoms with E-state index in [0.717, 1.165) is 43.2 Å². The minimum absolute atomic E-state index is 0.00797. The van der Waals surface area contributed by atoms with Crippen LogP contribution < -0.4 is 5.32 Å². The lowest BCUT2D eigenvalue weighted by Gasteiger charge is -2.32. The number of piperidine rings is 1. The van der Waals surface area contributed by atoms with E-state index >= 15 is 0 Å². The van der Waals surface area contributed by atoms with Crippen LogP contribution in [0.25, 0.3) is 0 Å². The van der Waals surface area contributed by atoms with E-state index in [2.05, 4.69) is 16.3 Å². The number of carbonyl (C=O) groups is 1. The third-order valence-electron chi connectivity index (χ3n) is 4.28. The Kier molecular flexibility index (Phi) is 5.77. The van der Waals surface area contributed by atoms with E-state index in [1.165, 1.54) is 5.56 Å². The van der Waals surface area contributed by atoms with E-state index in [9.17, 15) is 4.79 Å². The number of amides is 1. The fourth-order valence-corrected chi connectivity index (χ4v) is 3.42. The summed E-state index contributed by atoms with van der Waals surface area (Å²) in [5.41, 5.74) is 1.97. The summed E-state index contributed by atoms with van der Waals surface area (Å²) in [5.74, 6) is 0.0849. The number of anilines is 1. The lowest BCUT2D eigenvalue weighted by Crippen LogP contribution is -2.40. The number of nitrogens with zero attached hydrogens (tertiary/aromatic N) is 1. The van der Waals surface area contributed by atoms with Crippen LogP contribution in [-0.4, -0.2) is 23.9 Å². The van der Waals surface area contributed by atoms with Gasteiger partial charge in [0.1, 0.15) is 0 Å². The molecule has 1 amide bonds. The molecule has 1 saturated heterocycles. The van der Waals surface area contributed by atoms with Crippen molar-refractivity contribution in [1.29, 1.82) is 0 Å². The van der Waals surface area contributed by atoms with Gasteiger partial charge < -0.3 is 5.32 Å². The molecular formula is C19H20Cl2N2O. The normalized spacial score (nSPS) is 18.3. The molecule has 0 bridgehead atoms. The first kappa shape index (κ1) is 17.3. The van der Waals surface area contributed by atoms with Gasteiger partial charge in [-0.25, -0.2) is 0 Å². The maximum Gasteiger partial charge on any atom is 0.228 e. The number of likely N-dealkylation sites (tertiary alicyclic amines) is 1. The third-order valence-corrected chi connectivity index (χ3v) is 4.77. The highest BCUT2D eigenvalue weighted by atomic mass is 35.5. The highest BCUT2D eigenvalue weighted by Gasteiger charge is 2.25. The largest absolute Gasteiger partial charge is 0.326 e. The molecule has 1 aliphatic heterocycles. The Morgan fingerprint density at radius 3 is 2.67 bits per heavy atom. The number of nitrogens with one attached hydrogen (secondary N) is 1. The third kappa shape index (κ3) is 4.73. The Labute approximate surface area is 152 Å². The molecule has 0 radical (unpaired) electrons. The Balaban J connectivity index is 1.58. The predicted octanol–water partition coefficient (Wildman–Crippen LogP) is 4.84. The monoisotopic (exact) mass is 362 g/mol. The van der Waals surface area contributed by atoms with Gasteiger partial charge >= 0.3 is 0 Å². The molecule has 1 fully saturated rings. The van der Waals surface area contributed by atoms with Crippen LogP contribution in [0.5, 0.6) is 0 Å². The van der Waals surface area contributed by atoms with Crippen molar-refractivity contribution in [1.82, 2.24) is 4.90 Å². The molecule has 1 aliphatic rings. The summed E-state index contributed by atoms with van der Waals surface area (Å²) in [7, 11) is 0. The first-order chi connectivity index (χ1) is 11.6. The van der Waals surface area contributed by atoms with Gasteiger partial charge in [0.2, 0.25) is 5.91 Å². The molecular weight excluding hydrogens is 343 g/mol. The van der Waals surface area contributed by atoms with Crippen LogP contribution in [0, 0.1) is 5.92 Å². The van der Waals surface area contributed by atoms with Gasteiger partial charge in [-0.1, -0.05) is 35.3 Å². The standard InChI is InChI=1S/C19H20Cl2N2O/c20-16-6-8-18(9-7-16)22-19(24)15-4-2-10-23(13-15)12-14-3-1-5-17(21)11-14/h1,3,5-9,11,15H,2,4,10,12-13H2,(H,22,24). The van der Waals surface area contributed by atoms with Crippen molar-refractivity contribution >= 4 is 34.8 Å². The Morgan fingerprint density at radius 2 is 1.92 bits per heavy atom. The van der Waals surface area contributed by atoms with Crippen LogP contribution in [0.15, 0.2) is 48.5 Å². The van der Waals surface area contributed by atoms with Gasteiger partial charge in [0, 0.05) is 28.8 Å². The maximum absolute atomic E-state index is 12.5. The SMILES string of the molecule is O=C(Nc1ccc(Cl)cc1)C1CCCN(Cc2cccc(Cl)c2)C1. The highest BCUT2D eigenvalue weighted by molar-refractivity contribution is 6.30. The van der Waals surface area contributed by atoms with Crippen LogP contribution in [-0.2, 0) is 11.3 Å². The van der Waals surface area contributed by atoms with E-state index in [1.807, 2.05) is 30.3 Å². The number of halogens is 2. The van der Waals surface area contributed by atoms with Gasteiger partial charge in [-0.3, -0.25) is 9.69 Å². The molecule has 1 atom stereocenters. The van der Waals surface area contributed by atoms with E-state index in [4.69, 9.17) is 23.2 Å². The van der Waals surface area contributed by atoms with Crippen LogP contribution in [0.4, 0.5) is 5.69 Å². The lowest BCUT2D eigenvalue weighted by atomic mass is 9.96. The first-order valence-corrected chi connectivity index (χ1v) is 8.89. The van der Waals surface area contributed by atoms with Crippen LogP contribution in [0.3, 0.4) is 0 Å². The number of benzene rings is 2. The summed E-state index contributed by atoms with van der Waals surface area (Å²) in [6, 6.07) is 15.1. The van der Waals surface area contributed by atoms with Crippen molar-refractivity contribution in [2.45, 2.75) is 19.4 Å². The summed E-state index contributed by atoms with van der Waals surface area (Å²) >= 11 is 11.9. The van der Waals surface area contributed by atoms with Crippen LogP contribution in [0.2, 0.25) is 10.0 Å². The zero-order valence-electron chi connectivity index (χ0n) is 13.3. The molecule has 1 N–H and O–H groups in total. The van der Waals surface area contributed by atoms with Crippen molar-refractivity contribution in [3.8, 4) is 0 Å². The van der Waals surface area contributed by atoms with Gasteiger partial charge in [-0.05, 0) is 61.3 Å². The highest BCUT2D eigenvalue weighted by Crippen LogP contribution is 2.22. The van der Waals surface area contributed by atoms with E-state index < -0.39 is 0 Å². The summed E-state index contributed by atoms with van der Waals surface area (Å²) in [4.78, 5) is 14.8. The quantitative estimate of drug-likeness (QED) is 0.843. The molecule has 0 saturated carbocycles. The molecule has 24 heavy (non-hydrogen) atoms. The predicted molar refractivity (Wildman–Crippen MR) is 99.5 cm³/mol. The second-order valence-electron chi connectivity index (χ2n) is 6.20. The average Bonchev–Trinajstić information content (AvgIpc) is 2.57. The van der Waals surface area contributed by atoms with Gasteiger partial charge in [0.05, 0.1) is 5.92 Å². The molecule has 0 spiro atoms. The second-order valence-corrected chi connectivity index (χ2v) is 7.07. The summed E-state index contributed by atoms with van der Waals surface area (Å²) in [5, 5.41) is 4.40. The number of carbonyl (C=O) groups excluding carboxylic acids is 1. The van der Waals surface area contributed by atoms with E-state index in [-0.39, 0.29) is 11.8 Å². The van der Waals surface area contributed by atoms with Gasteiger partial charge in [-0.15, -0.1) is 0 Å². The molecule has 1 unspecified atom stereocenters. The summed E-state index contributed by atoms with van der Waals surface area (Å²) in [6.07, 6.45) is 1.95. The topological polar surface area (TPSA) is 32.3 Å². The van der Waals surface area contributed by atoms with Crippen molar-refractivity contribution in [3.05, 3.63) is 64.1 Å². The van der Waals surface area contributed by atoms with E-state index in [0.29, 0.717) is 5.02 Å². The molecule has 3 rings (SSSR count).